The Kier molecular flexibility index (Phi) is 4.33. The van der Waals surface area contributed by atoms with Gasteiger partial charge in [0.05, 0.1) is 11.0 Å². The first kappa shape index (κ1) is 18.3. The van der Waals surface area contributed by atoms with Crippen molar-refractivity contribution in [1.29, 1.82) is 0 Å². The van der Waals surface area contributed by atoms with E-state index in [0.29, 0.717) is 11.2 Å². The lowest BCUT2D eigenvalue weighted by atomic mass is 10.1. The van der Waals surface area contributed by atoms with Crippen LogP contribution in [0.4, 0.5) is 13.2 Å². The van der Waals surface area contributed by atoms with E-state index in [-0.39, 0.29) is 11.3 Å². The van der Waals surface area contributed by atoms with Gasteiger partial charge in [0.15, 0.2) is 0 Å². The van der Waals surface area contributed by atoms with Gasteiger partial charge in [0.2, 0.25) is 5.91 Å². The predicted octanol–water partition coefficient (Wildman–Crippen LogP) is 5.53. The maximum absolute atomic E-state index is 12.3. The third kappa shape index (κ3) is 3.56. The van der Waals surface area contributed by atoms with Crippen molar-refractivity contribution in [1.82, 2.24) is 9.55 Å². The molecular formula is C19H10F3N5O2. The Balaban J connectivity index is 1.75. The number of benzene rings is 3. The molecule has 0 aliphatic rings. The molecule has 0 radical (unpaired) electrons. The molecule has 10 heteroatoms. The van der Waals surface area contributed by atoms with E-state index >= 15 is 0 Å². The van der Waals surface area contributed by atoms with E-state index in [9.17, 15) is 18.0 Å². The molecule has 3 aromatic carbocycles. The van der Waals surface area contributed by atoms with Gasteiger partial charge < -0.3 is 4.74 Å². The highest BCUT2D eigenvalue weighted by Gasteiger charge is 2.31. The quantitative estimate of drug-likeness (QED) is 0.258. The summed E-state index contributed by atoms with van der Waals surface area (Å²) in [5.41, 5.74) is 10.7. The van der Waals surface area contributed by atoms with Crippen LogP contribution in [0.15, 0.2) is 66.0 Å². The summed E-state index contributed by atoms with van der Waals surface area (Å²) >= 11 is 0. The Morgan fingerprint density at radius 2 is 1.86 bits per heavy atom. The fourth-order valence-corrected chi connectivity index (χ4v) is 3.06. The number of amides is 1. The molecule has 0 fully saturated rings. The molecule has 7 nitrogen and oxygen atoms in total. The van der Waals surface area contributed by atoms with Crippen LogP contribution < -0.4 is 4.74 Å². The molecular weight excluding hydrogens is 387 g/mol. The Bertz CT molecular complexity index is 1290. The third-order valence-electron chi connectivity index (χ3n) is 4.26. The minimum absolute atomic E-state index is 0.259. The van der Waals surface area contributed by atoms with Crippen molar-refractivity contribution in [3.63, 3.8) is 0 Å². The van der Waals surface area contributed by atoms with E-state index in [1.807, 2.05) is 0 Å². The summed E-state index contributed by atoms with van der Waals surface area (Å²) < 4.78 is 42.5. The van der Waals surface area contributed by atoms with Crippen molar-refractivity contribution in [2.75, 3.05) is 0 Å². The minimum Gasteiger partial charge on any atom is -0.406 e. The number of azide groups is 1. The SMILES string of the molecule is [N-]=[N+]=NC(=O)c1ccc2c(ccc3c2ncn3-c2ccc(OC(F)(F)F)cc2)c1. The van der Waals surface area contributed by atoms with Crippen LogP contribution in [-0.2, 0) is 0 Å². The monoisotopic (exact) mass is 397 g/mol. The maximum atomic E-state index is 12.3. The first-order chi connectivity index (χ1) is 13.9. The lowest BCUT2D eigenvalue weighted by molar-refractivity contribution is -0.274. The molecule has 1 heterocycles. The Morgan fingerprint density at radius 1 is 1.10 bits per heavy atom. The van der Waals surface area contributed by atoms with Gasteiger partial charge in [-0.15, -0.1) is 13.2 Å². The van der Waals surface area contributed by atoms with Crippen molar-refractivity contribution in [3.05, 3.63) is 76.9 Å². The summed E-state index contributed by atoms with van der Waals surface area (Å²) in [6.45, 7) is 0. The highest BCUT2D eigenvalue weighted by atomic mass is 19.4. The van der Waals surface area contributed by atoms with Crippen LogP contribution in [0.5, 0.6) is 5.75 Å². The molecule has 0 spiro atoms. The molecule has 29 heavy (non-hydrogen) atoms. The molecule has 1 aromatic heterocycles. The molecule has 0 aliphatic heterocycles. The molecule has 0 saturated heterocycles. The number of rotatable bonds is 3. The van der Waals surface area contributed by atoms with E-state index < -0.39 is 12.3 Å². The molecule has 0 saturated carbocycles. The average Bonchev–Trinajstić information content (AvgIpc) is 3.11. The number of fused-ring (bicyclic) bond motifs is 3. The van der Waals surface area contributed by atoms with E-state index in [4.69, 9.17) is 5.53 Å². The molecule has 0 unspecified atom stereocenters. The second-order valence-corrected chi connectivity index (χ2v) is 6.02. The molecule has 0 bridgehead atoms. The van der Waals surface area contributed by atoms with Crippen LogP contribution in [0.3, 0.4) is 0 Å². The minimum atomic E-state index is -4.75. The smallest absolute Gasteiger partial charge is 0.406 e. The number of carbonyl (C=O) groups excluding carboxylic acids is 1. The van der Waals surface area contributed by atoms with Crippen LogP contribution in [0.2, 0.25) is 0 Å². The van der Waals surface area contributed by atoms with Crippen LogP contribution in [0.1, 0.15) is 10.4 Å². The normalized spacial score (nSPS) is 11.4. The van der Waals surface area contributed by atoms with Gasteiger partial charge in [-0.25, -0.2) is 4.98 Å². The molecule has 4 rings (SSSR count). The molecule has 0 aliphatic carbocycles. The van der Waals surface area contributed by atoms with E-state index in [0.717, 1.165) is 16.3 Å². The first-order valence-electron chi connectivity index (χ1n) is 8.21. The summed E-state index contributed by atoms with van der Waals surface area (Å²) in [6, 6.07) is 13.9. The number of nitrogens with zero attached hydrogens (tertiary/aromatic N) is 5. The van der Waals surface area contributed by atoms with Gasteiger partial charge in [0.1, 0.15) is 12.1 Å². The number of ether oxygens (including phenoxy) is 1. The zero-order valence-electron chi connectivity index (χ0n) is 14.5. The summed E-state index contributed by atoms with van der Waals surface area (Å²) in [4.78, 5) is 18.6. The zero-order valence-corrected chi connectivity index (χ0v) is 14.5. The van der Waals surface area contributed by atoms with Gasteiger partial charge >= 0.3 is 6.36 Å². The second-order valence-electron chi connectivity index (χ2n) is 6.02. The Hall–Kier alpha value is -4.04. The number of hydrogen-bond donors (Lipinski definition) is 0. The van der Waals surface area contributed by atoms with Gasteiger partial charge in [-0.1, -0.05) is 18.2 Å². The Morgan fingerprint density at radius 3 is 2.55 bits per heavy atom. The third-order valence-corrected chi connectivity index (χ3v) is 4.26. The molecule has 144 valence electrons. The van der Waals surface area contributed by atoms with E-state index in [1.165, 1.54) is 24.3 Å². The molecule has 0 atom stereocenters. The number of imidazole rings is 1. The lowest BCUT2D eigenvalue weighted by Gasteiger charge is -2.10. The molecule has 4 aromatic rings. The second kappa shape index (κ2) is 6.84. The largest absolute Gasteiger partial charge is 0.573 e. The number of halogens is 3. The molecule has 0 N–H and O–H groups in total. The number of carbonyl (C=O) groups is 1. The summed E-state index contributed by atoms with van der Waals surface area (Å²) in [7, 11) is 0. The fourth-order valence-electron chi connectivity index (χ4n) is 3.06. The first-order valence-corrected chi connectivity index (χ1v) is 8.21. The predicted molar refractivity (Wildman–Crippen MR) is 98.7 cm³/mol. The van der Waals surface area contributed by atoms with E-state index in [2.05, 4.69) is 19.7 Å². The van der Waals surface area contributed by atoms with Gasteiger partial charge in [-0.3, -0.25) is 9.36 Å². The van der Waals surface area contributed by atoms with Gasteiger partial charge in [-0.2, -0.15) is 0 Å². The number of alkyl halides is 3. The van der Waals surface area contributed by atoms with Crippen molar-refractivity contribution < 1.29 is 22.7 Å². The number of hydrogen-bond acceptors (Lipinski definition) is 3. The average molecular weight is 397 g/mol. The zero-order chi connectivity index (χ0) is 20.6. The maximum Gasteiger partial charge on any atom is 0.573 e. The highest BCUT2D eigenvalue weighted by molar-refractivity contribution is 6.07. The summed E-state index contributed by atoms with van der Waals surface area (Å²) in [5.74, 6) is -0.991. The van der Waals surface area contributed by atoms with Gasteiger partial charge in [-0.05, 0) is 52.4 Å². The highest BCUT2D eigenvalue weighted by Crippen LogP contribution is 2.29. The van der Waals surface area contributed by atoms with Crippen molar-refractivity contribution in [2.45, 2.75) is 6.36 Å². The number of aromatic nitrogens is 2. The standard InChI is InChI=1S/C19H10F3N5O2/c20-19(21,22)29-14-5-3-13(4-6-14)27-10-24-17-15-7-1-12(18(28)25-26-23)9-11(15)2-8-16(17)27/h1-10H. The van der Waals surface area contributed by atoms with Crippen LogP contribution in [0.25, 0.3) is 37.9 Å². The van der Waals surface area contributed by atoms with Crippen molar-refractivity contribution in [3.8, 4) is 11.4 Å². The van der Waals surface area contributed by atoms with Crippen LogP contribution in [-0.4, -0.2) is 21.8 Å². The summed E-state index contributed by atoms with van der Waals surface area (Å²) in [6.07, 6.45) is -3.19. The Labute approximate surface area is 160 Å². The van der Waals surface area contributed by atoms with E-state index in [1.54, 1.807) is 41.2 Å². The topological polar surface area (TPSA) is 92.9 Å². The lowest BCUT2D eigenvalue weighted by Crippen LogP contribution is -2.17. The molecule has 1 amide bonds. The summed E-state index contributed by atoms with van der Waals surface area (Å²) in [5, 5.41) is 4.58. The van der Waals surface area contributed by atoms with Crippen molar-refractivity contribution in [2.24, 2.45) is 5.11 Å². The van der Waals surface area contributed by atoms with Crippen LogP contribution in [0, 0.1) is 0 Å². The van der Waals surface area contributed by atoms with Gasteiger partial charge in [0, 0.05) is 21.5 Å². The van der Waals surface area contributed by atoms with Crippen LogP contribution >= 0.6 is 0 Å². The van der Waals surface area contributed by atoms with Gasteiger partial charge in [0.25, 0.3) is 0 Å². The fraction of sp³-hybridized carbons (Fsp3) is 0.0526. The van der Waals surface area contributed by atoms with Crippen molar-refractivity contribution >= 4 is 27.7 Å².